The van der Waals surface area contributed by atoms with E-state index in [0.29, 0.717) is 12.0 Å². The lowest BCUT2D eigenvalue weighted by atomic mass is 9.99. The minimum Gasteiger partial charge on any atom is -0.418 e. The second-order valence-electron chi connectivity index (χ2n) is 8.75. The Kier molecular flexibility index (Phi) is 7.52. The summed E-state index contributed by atoms with van der Waals surface area (Å²) >= 11 is 0. The van der Waals surface area contributed by atoms with Crippen LogP contribution in [-0.4, -0.2) is 37.5 Å². The number of benzene rings is 2. The third-order valence-electron chi connectivity index (χ3n) is 5.62. The van der Waals surface area contributed by atoms with E-state index in [4.69, 9.17) is 10.2 Å². The molecule has 0 radical (unpaired) electrons. The van der Waals surface area contributed by atoms with Gasteiger partial charge in [0.25, 0.3) is 11.4 Å². The number of nitrogens with zero attached hydrogens (tertiary/aromatic N) is 4. The number of carbonyl (C=O) groups excluding carboxylic acids is 2. The van der Waals surface area contributed by atoms with E-state index in [0.717, 1.165) is 10.1 Å². The van der Waals surface area contributed by atoms with Crippen LogP contribution in [0.4, 0.5) is 10.1 Å². The predicted molar refractivity (Wildman–Crippen MR) is 133 cm³/mol. The largest absolute Gasteiger partial charge is 0.418 e. The van der Waals surface area contributed by atoms with Gasteiger partial charge in [-0.2, -0.15) is 0 Å². The second kappa shape index (κ2) is 10.9. The van der Waals surface area contributed by atoms with Crippen LogP contribution in [0.3, 0.4) is 0 Å². The monoisotopic (exact) mass is 504 g/mol. The van der Waals surface area contributed by atoms with Crippen molar-refractivity contribution < 1.29 is 18.4 Å². The summed E-state index contributed by atoms with van der Waals surface area (Å²) in [5.41, 5.74) is 6.29. The van der Waals surface area contributed by atoms with Gasteiger partial charge in [0.1, 0.15) is 23.9 Å². The average molecular weight is 505 g/mol. The highest BCUT2D eigenvalue weighted by molar-refractivity contribution is 5.98. The third kappa shape index (κ3) is 5.95. The number of halogens is 1. The molecule has 0 saturated carbocycles. The third-order valence-corrected chi connectivity index (χ3v) is 5.62. The number of Topliss-reactive ketones (excluding diaryl/α,β-unsaturated/α-hetero) is 1. The maximum atomic E-state index is 13.4. The smallest absolute Gasteiger partial charge is 0.286 e. The molecule has 10 nitrogen and oxygen atoms in total. The number of carbonyl (C=O) groups is 2. The Morgan fingerprint density at radius 3 is 2.46 bits per heavy atom. The molecule has 4 aromatic rings. The quantitative estimate of drug-likeness (QED) is 0.331. The van der Waals surface area contributed by atoms with Gasteiger partial charge in [-0.15, -0.1) is 10.2 Å². The molecule has 0 fully saturated rings. The van der Waals surface area contributed by atoms with Crippen molar-refractivity contribution in [2.45, 2.75) is 32.9 Å². The van der Waals surface area contributed by atoms with Gasteiger partial charge in [-0.1, -0.05) is 44.2 Å². The first-order chi connectivity index (χ1) is 17.7. The summed E-state index contributed by atoms with van der Waals surface area (Å²) in [6.45, 7) is 3.04. The maximum absolute atomic E-state index is 13.4. The molecule has 0 aliphatic carbocycles. The van der Waals surface area contributed by atoms with E-state index in [2.05, 4.69) is 20.5 Å². The van der Waals surface area contributed by atoms with Crippen molar-refractivity contribution in [1.82, 2.24) is 25.1 Å². The van der Waals surface area contributed by atoms with Gasteiger partial charge in [0.2, 0.25) is 17.6 Å². The van der Waals surface area contributed by atoms with Crippen LogP contribution < -0.4 is 16.6 Å². The van der Waals surface area contributed by atoms with Crippen LogP contribution in [0.5, 0.6) is 0 Å². The van der Waals surface area contributed by atoms with Crippen molar-refractivity contribution >= 4 is 17.4 Å². The van der Waals surface area contributed by atoms with Crippen LogP contribution in [0.1, 0.15) is 36.0 Å². The van der Waals surface area contributed by atoms with Gasteiger partial charge in [0.05, 0.1) is 18.7 Å². The molecule has 0 aliphatic heterocycles. The molecule has 1 atom stereocenters. The van der Waals surface area contributed by atoms with Crippen molar-refractivity contribution in [3.63, 3.8) is 0 Å². The molecule has 0 aliphatic rings. The molecule has 190 valence electrons. The normalized spacial score (nSPS) is 11.9. The summed E-state index contributed by atoms with van der Waals surface area (Å²) in [5, 5.41) is 10.5. The van der Waals surface area contributed by atoms with Crippen LogP contribution in [0.2, 0.25) is 0 Å². The predicted octanol–water partition coefficient (Wildman–Crippen LogP) is 2.63. The SMILES string of the molecule is CC(C)[C@H](NC(=O)Cn1c(-c2ccc(F)cc2)ncc(N)c1=O)C(=O)c1nnc(Cc2ccccc2)o1. The molecule has 1 amide bonds. The zero-order valence-electron chi connectivity index (χ0n) is 20.2. The number of amides is 1. The molecule has 2 heterocycles. The maximum Gasteiger partial charge on any atom is 0.286 e. The van der Waals surface area contributed by atoms with Crippen LogP contribution >= 0.6 is 0 Å². The minimum atomic E-state index is -0.989. The average Bonchev–Trinajstić information content (AvgIpc) is 3.35. The Morgan fingerprint density at radius 1 is 1.08 bits per heavy atom. The second-order valence-corrected chi connectivity index (χ2v) is 8.75. The van der Waals surface area contributed by atoms with Gasteiger partial charge < -0.3 is 15.5 Å². The van der Waals surface area contributed by atoms with Gasteiger partial charge in [-0.25, -0.2) is 9.37 Å². The Morgan fingerprint density at radius 2 is 1.78 bits per heavy atom. The minimum absolute atomic E-state index is 0.129. The lowest BCUT2D eigenvalue weighted by molar-refractivity contribution is -0.122. The number of aromatic nitrogens is 4. The van der Waals surface area contributed by atoms with Crippen molar-refractivity contribution in [1.29, 1.82) is 0 Å². The zero-order chi connectivity index (χ0) is 26.5. The van der Waals surface area contributed by atoms with Gasteiger partial charge in [-0.3, -0.25) is 19.0 Å². The van der Waals surface area contributed by atoms with E-state index < -0.39 is 35.7 Å². The number of rotatable bonds is 9. The van der Waals surface area contributed by atoms with Gasteiger partial charge in [-0.05, 0) is 35.7 Å². The highest BCUT2D eigenvalue weighted by Crippen LogP contribution is 2.17. The number of ketones is 1. The standard InChI is InChI=1S/C26H25FN6O4/c1-15(2)22(23(35)25-32-31-21(37-25)12-16-6-4-3-5-7-16)30-20(34)14-33-24(29-13-19(28)26(33)36)17-8-10-18(27)11-9-17/h3-11,13,15,22H,12,14,28H2,1-2H3,(H,30,34)/t22-/m0/s1. The van der Waals surface area contributed by atoms with Crippen molar-refractivity contribution in [2.24, 2.45) is 5.92 Å². The number of nitrogens with two attached hydrogens (primary N) is 1. The Labute approximate surface area is 211 Å². The molecule has 3 N–H and O–H groups in total. The molecule has 11 heteroatoms. The molecular formula is C26H25FN6O4. The molecule has 4 rings (SSSR count). The molecule has 2 aromatic heterocycles. The van der Waals surface area contributed by atoms with Gasteiger partial charge in [0.15, 0.2) is 0 Å². The molecule has 0 bridgehead atoms. The number of hydrogen-bond donors (Lipinski definition) is 2. The molecule has 0 spiro atoms. The first-order valence-electron chi connectivity index (χ1n) is 11.5. The van der Waals surface area contributed by atoms with Gasteiger partial charge in [0, 0.05) is 5.56 Å². The zero-order valence-corrected chi connectivity index (χ0v) is 20.2. The molecule has 0 unspecified atom stereocenters. The first kappa shape index (κ1) is 25.4. The Bertz CT molecular complexity index is 1460. The van der Waals surface area contributed by atoms with E-state index in [1.807, 2.05) is 30.3 Å². The topological polar surface area (TPSA) is 146 Å². The molecular weight excluding hydrogens is 479 g/mol. The van der Waals surface area contributed by atoms with Gasteiger partial charge >= 0.3 is 0 Å². The van der Waals surface area contributed by atoms with E-state index in [1.165, 1.54) is 30.5 Å². The summed E-state index contributed by atoms with van der Waals surface area (Å²) in [6.07, 6.45) is 1.54. The molecule has 0 saturated heterocycles. The molecule has 37 heavy (non-hydrogen) atoms. The van der Waals surface area contributed by atoms with Crippen LogP contribution in [0, 0.1) is 11.7 Å². The number of nitrogens with one attached hydrogen (secondary N) is 1. The summed E-state index contributed by atoms with van der Waals surface area (Å²) in [4.78, 5) is 43.0. The van der Waals surface area contributed by atoms with Crippen LogP contribution in [0.25, 0.3) is 11.4 Å². The number of hydrogen-bond acceptors (Lipinski definition) is 8. The van der Waals surface area contributed by atoms with Crippen molar-refractivity contribution in [2.75, 3.05) is 5.73 Å². The lowest BCUT2D eigenvalue weighted by Gasteiger charge is -2.20. The van der Waals surface area contributed by atoms with E-state index in [-0.39, 0.29) is 29.2 Å². The number of anilines is 1. The van der Waals surface area contributed by atoms with E-state index in [9.17, 15) is 18.8 Å². The van der Waals surface area contributed by atoms with Crippen LogP contribution in [0.15, 0.2) is 70.0 Å². The summed E-state index contributed by atoms with van der Waals surface area (Å²) in [7, 11) is 0. The summed E-state index contributed by atoms with van der Waals surface area (Å²) in [5.74, 6) is -1.79. The first-order valence-corrected chi connectivity index (χ1v) is 11.5. The summed E-state index contributed by atoms with van der Waals surface area (Å²) in [6, 6.07) is 13.8. The number of nitrogen functional groups attached to an aromatic ring is 1. The van der Waals surface area contributed by atoms with Crippen molar-refractivity contribution in [3.05, 3.63) is 94.3 Å². The molecule has 2 aromatic carbocycles. The fourth-order valence-electron chi connectivity index (χ4n) is 3.71. The Balaban J connectivity index is 1.53. The highest BCUT2D eigenvalue weighted by atomic mass is 19.1. The fourth-order valence-corrected chi connectivity index (χ4v) is 3.71. The van der Waals surface area contributed by atoms with Crippen LogP contribution in [-0.2, 0) is 17.8 Å². The van der Waals surface area contributed by atoms with E-state index in [1.54, 1.807) is 13.8 Å². The fraction of sp³-hybridized carbons (Fsp3) is 0.231. The van der Waals surface area contributed by atoms with Crippen molar-refractivity contribution in [3.8, 4) is 11.4 Å². The summed E-state index contributed by atoms with van der Waals surface area (Å²) < 4.78 is 20.0. The van der Waals surface area contributed by atoms with E-state index >= 15 is 0 Å². The highest BCUT2D eigenvalue weighted by Gasteiger charge is 2.30. The lowest BCUT2D eigenvalue weighted by Crippen LogP contribution is -2.46. The Hall–Kier alpha value is -4.67.